The standard InChI is InChI=1S/C13H14N2/c1-3-4-8-13(14)12-7-5-6-11(9-12)10-15-2/h3-9,14H,1-2,10H2/b8-4-,14-13?. The molecular weight excluding hydrogens is 184 g/mol. The van der Waals surface area contributed by atoms with Gasteiger partial charge >= 0.3 is 0 Å². The lowest BCUT2D eigenvalue weighted by Crippen LogP contribution is -1.95. The molecule has 0 aromatic heterocycles. The Morgan fingerprint density at radius 3 is 2.93 bits per heavy atom. The van der Waals surface area contributed by atoms with E-state index in [0.717, 1.165) is 11.1 Å². The van der Waals surface area contributed by atoms with E-state index in [2.05, 4.69) is 18.3 Å². The zero-order valence-electron chi connectivity index (χ0n) is 8.61. The maximum absolute atomic E-state index is 7.78. The Labute approximate surface area is 90.2 Å². The molecule has 0 aliphatic carbocycles. The molecule has 15 heavy (non-hydrogen) atoms. The molecule has 1 N–H and O–H groups in total. The second-order valence-electron chi connectivity index (χ2n) is 3.09. The summed E-state index contributed by atoms with van der Waals surface area (Å²) in [7, 11) is 0. The average Bonchev–Trinajstić information content (AvgIpc) is 2.27. The molecule has 76 valence electrons. The molecule has 1 rings (SSSR count). The fraction of sp³-hybridized carbons (Fsp3) is 0.0769. The van der Waals surface area contributed by atoms with E-state index in [0.29, 0.717) is 12.3 Å². The van der Waals surface area contributed by atoms with E-state index >= 15 is 0 Å². The summed E-state index contributed by atoms with van der Waals surface area (Å²) in [5.41, 5.74) is 2.43. The van der Waals surface area contributed by atoms with Crippen LogP contribution < -0.4 is 0 Å². The van der Waals surface area contributed by atoms with E-state index in [1.54, 1.807) is 18.2 Å². The second-order valence-corrected chi connectivity index (χ2v) is 3.09. The molecule has 0 aliphatic heterocycles. The predicted molar refractivity (Wildman–Crippen MR) is 65.9 cm³/mol. The Morgan fingerprint density at radius 1 is 1.47 bits per heavy atom. The summed E-state index contributed by atoms with van der Waals surface area (Å²) in [6.07, 6.45) is 5.12. The first-order valence-electron chi connectivity index (χ1n) is 4.67. The molecule has 0 aliphatic rings. The minimum absolute atomic E-state index is 0.473. The number of nitrogens with zero attached hydrogens (tertiary/aromatic N) is 1. The molecule has 0 saturated heterocycles. The van der Waals surface area contributed by atoms with Crippen molar-refractivity contribution < 1.29 is 0 Å². The molecule has 0 saturated carbocycles. The monoisotopic (exact) mass is 198 g/mol. The highest BCUT2D eigenvalue weighted by atomic mass is 14.7. The molecule has 1 aromatic rings. The van der Waals surface area contributed by atoms with Gasteiger partial charge in [0.2, 0.25) is 0 Å². The second kappa shape index (κ2) is 5.70. The number of nitrogens with one attached hydrogen (secondary N) is 1. The topological polar surface area (TPSA) is 36.2 Å². The van der Waals surface area contributed by atoms with E-state index in [1.165, 1.54) is 0 Å². The van der Waals surface area contributed by atoms with Gasteiger partial charge in [-0.05, 0) is 30.0 Å². The number of aliphatic imine (C=N–C) groups is 1. The van der Waals surface area contributed by atoms with Gasteiger partial charge in [0.05, 0.1) is 12.3 Å². The summed E-state index contributed by atoms with van der Waals surface area (Å²) in [6, 6.07) is 7.75. The fourth-order valence-electron chi connectivity index (χ4n) is 1.23. The van der Waals surface area contributed by atoms with Crippen LogP contribution in [0.5, 0.6) is 0 Å². The zero-order valence-corrected chi connectivity index (χ0v) is 8.61. The van der Waals surface area contributed by atoms with Gasteiger partial charge in [0.1, 0.15) is 0 Å². The van der Waals surface area contributed by atoms with Crippen molar-refractivity contribution in [3.8, 4) is 0 Å². The van der Waals surface area contributed by atoms with E-state index in [1.807, 2.05) is 24.3 Å². The quantitative estimate of drug-likeness (QED) is 0.558. The van der Waals surface area contributed by atoms with Crippen LogP contribution in [0, 0.1) is 5.41 Å². The van der Waals surface area contributed by atoms with Gasteiger partial charge in [0, 0.05) is 0 Å². The van der Waals surface area contributed by atoms with E-state index in [9.17, 15) is 0 Å². The van der Waals surface area contributed by atoms with Crippen molar-refractivity contribution in [3.05, 3.63) is 60.2 Å². The predicted octanol–water partition coefficient (Wildman–Crippen LogP) is 3.00. The van der Waals surface area contributed by atoms with Gasteiger partial charge < -0.3 is 5.41 Å². The zero-order chi connectivity index (χ0) is 11.1. The van der Waals surface area contributed by atoms with Crippen LogP contribution in [-0.2, 0) is 6.54 Å². The SMILES string of the molecule is C=C/C=C\C(=N)c1cccc(CN=C)c1. The highest BCUT2D eigenvalue weighted by Crippen LogP contribution is 2.07. The Balaban J connectivity index is 2.89. The minimum atomic E-state index is 0.473. The van der Waals surface area contributed by atoms with Crippen molar-refractivity contribution in [2.24, 2.45) is 4.99 Å². The highest BCUT2D eigenvalue weighted by Gasteiger charge is 1.98. The third kappa shape index (κ3) is 3.35. The summed E-state index contributed by atoms with van der Waals surface area (Å²) in [4.78, 5) is 3.81. The molecule has 0 bridgehead atoms. The first-order valence-corrected chi connectivity index (χ1v) is 4.67. The lowest BCUT2D eigenvalue weighted by Gasteiger charge is -2.01. The summed E-state index contributed by atoms with van der Waals surface area (Å²) in [5.74, 6) is 0. The number of rotatable bonds is 5. The number of hydrogen-bond donors (Lipinski definition) is 1. The third-order valence-corrected chi connectivity index (χ3v) is 1.93. The normalized spacial score (nSPS) is 10.1. The van der Waals surface area contributed by atoms with Crippen molar-refractivity contribution in [2.45, 2.75) is 6.54 Å². The first kappa shape index (κ1) is 11.1. The van der Waals surface area contributed by atoms with Crippen LogP contribution in [0.25, 0.3) is 0 Å². The van der Waals surface area contributed by atoms with E-state index < -0.39 is 0 Å². The van der Waals surface area contributed by atoms with Crippen LogP contribution in [0.2, 0.25) is 0 Å². The molecule has 0 heterocycles. The van der Waals surface area contributed by atoms with Crippen LogP contribution in [-0.4, -0.2) is 12.4 Å². The molecule has 2 heteroatoms. The Hall–Kier alpha value is -1.96. The van der Waals surface area contributed by atoms with Crippen molar-refractivity contribution in [2.75, 3.05) is 0 Å². The van der Waals surface area contributed by atoms with Crippen molar-refractivity contribution in [3.63, 3.8) is 0 Å². The molecule has 0 amide bonds. The largest absolute Gasteiger partial charge is 0.300 e. The Bertz CT molecular complexity index is 403. The first-order chi connectivity index (χ1) is 7.27. The van der Waals surface area contributed by atoms with Crippen LogP contribution in [0.15, 0.2) is 54.1 Å². The molecule has 0 atom stereocenters. The molecule has 0 fully saturated rings. The van der Waals surface area contributed by atoms with Gasteiger partial charge in [-0.1, -0.05) is 36.9 Å². The fourth-order valence-corrected chi connectivity index (χ4v) is 1.23. The minimum Gasteiger partial charge on any atom is -0.300 e. The van der Waals surface area contributed by atoms with Crippen molar-refractivity contribution >= 4 is 12.4 Å². The number of hydrogen-bond acceptors (Lipinski definition) is 2. The van der Waals surface area contributed by atoms with Crippen LogP contribution >= 0.6 is 0 Å². The molecule has 0 spiro atoms. The highest BCUT2D eigenvalue weighted by molar-refractivity contribution is 6.06. The lowest BCUT2D eigenvalue weighted by molar-refractivity contribution is 1.08. The summed E-state index contributed by atoms with van der Waals surface area (Å²) < 4.78 is 0. The number of benzene rings is 1. The maximum Gasteiger partial charge on any atom is 0.0632 e. The van der Waals surface area contributed by atoms with Crippen molar-refractivity contribution in [1.29, 1.82) is 5.41 Å². The van der Waals surface area contributed by atoms with Crippen LogP contribution in [0.1, 0.15) is 11.1 Å². The van der Waals surface area contributed by atoms with E-state index in [4.69, 9.17) is 5.41 Å². The summed E-state index contributed by atoms with van der Waals surface area (Å²) in [6.45, 7) is 7.61. The smallest absolute Gasteiger partial charge is 0.0632 e. The third-order valence-electron chi connectivity index (χ3n) is 1.93. The lowest BCUT2D eigenvalue weighted by atomic mass is 10.1. The summed E-state index contributed by atoms with van der Waals surface area (Å²) in [5, 5.41) is 7.78. The summed E-state index contributed by atoms with van der Waals surface area (Å²) >= 11 is 0. The maximum atomic E-state index is 7.78. The van der Waals surface area contributed by atoms with Crippen LogP contribution in [0.4, 0.5) is 0 Å². The average molecular weight is 198 g/mol. The van der Waals surface area contributed by atoms with Gasteiger partial charge in [-0.15, -0.1) is 0 Å². The van der Waals surface area contributed by atoms with Crippen molar-refractivity contribution in [1.82, 2.24) is 0 Å². The van der Waals surface area contributed by atoms with Gasteiger partial charge in [-0.2, -0.15) is 0 Å². The Kier molecular flexibility index (Phi) is 4.23. The van der Waals surface area contributed by atoms with Gasteiger partial charge in [-0.3, -0.25) is 4.99 Å². The molecular formula is C13H14N2. The van der Waals surface area contributed by atoms with Gasteiger partial charge in [-0.25, -0.2) is 0 Å². The number of allylic oxidation sites excluding steroid dienone is 3. The van der Waals surface area contributed by atoms with E-state index in [-0.39, 0.29) is 0 Å². The molecule has 2 nitrogen and oxygen atoms in total. The van der Waals surface area contributed by atoms with Gasteiger partial charge in [0.15, 0.2) is 0 Å². The Morgan fingerprint density at radius 2 is 2.27 bits per heavy atom. The van der Waals surface area contributed by atoms with Crippen LogP contribution in [0.3, 0.4) is 0 Å². The van der Waals surface area contributed by atoms with Gasteiger partial charge in [0.25, 0.3) is 0 Å². The molecule has 1 aromatic carbocycles. The molecule has 0 radical (unpaired) electrons. The molecule has 0 unspecified atom stereocenters.